The van der Waals surface area contributed by atoms with Crippen LogP contribution in [-0.2, 0) is 13.2 Å². The Labute approximate surface area is 185 Å². The third-order valence-electron chi connectivity index (χ3n) is 5.20. The van der Waals surface area contributed by atoms with Crippen LogP contribution in [0, 0.1) is 0 Å². The van der Waals surface area contributed by atoms with Crippen molar-refractivity contribution < 1.29 is 18.3 Å². The first-order valence-corrected chi connectivity index (χ1v) is 10.3. The lowest BCUT2D eigenvalue weighted by Crippen LogP contribution is -2.30. The van der Waals surface area contributed by atoms with Crippen LogP contribution in [0.2, 0.25) is 10.0 Å². The highest BCUT2D eigenvalue weighted by Crippen LogP contribution is 2.39. The molecule has 0 saturated heterocycles. The van der Waals surface area contributed by atoms with Crippen molar-refractivity contribution in [3.8, 4) is 0 Å². The van der Waals surface area contributed by atoms with Gasteiger partial charge in [0.25, 0.3) is 0 Å². The zero-order valence-corrected chi connectivity index (χ0v) is 17.9. The normalized spacial score (nSPS) is 19.6. The minimum absolute atomic E-state index is 0.0804. The maximum Gasteiger partial charge on any atom is 0.416 e. The third-order valence-corrected chi connectivity index (χ3v) is 5.79. The van der Waals surface area contributed by atoms with E-state index < -0.39 is 11.7 Å². The van der Waals surface area contributed by atoms with E-state index in [0.717, 1.165) is 31.4 Å². The minimum atomic E-state index is -4.56. The number of halogens is 5. The third kappa shape index (κ3) is 4.65. The van der Waals surface area contributed by atoms with Gasteiger partial charge in [0, 0.05) is 13.1 Å². The van der Waals surface area contributed by atoms with Crippen LogP contribution in [-0.4, -0.2) is 36.8 Å². The molecule has 2 atom stereocenters. The number of benzene rings is 1. The van der Waals surface area contributed by atoms with Crippen molar-refractivity contribution in [1.82, 2.24) is 19.5 Å². The number of hydrogen-bond acceptors (Lipinski definition) is 6. The lowest BCUT2D eigenvalue weighted by molar-refractivity contribution is -0.137. The fourth-order valence-electron chi connectivity index (χ4n) is 3.61. The van der Waals surface area contributed by atoms with Crippen LogP contribution >= 0.6 is 23.2 Å². The molecule has 1 aliphatic carbocycles. The van der Waals surface area contributed by atoms with Crippen molar-refractivity contribution in [3.63, 3.8) is 0 Å². The fourth-order valence-corrected chi connectivity index (χ4v) is 4.19. The van der Waals surface area contributed by atoms with Crippen LogP contribution in [0.4, 0.5) is 30.8 Å². The highest BCUT2D eigenvalue weighted by molar-refractivity contribution is 6.39. The van der Waals surface area contributed by atoms with Crippen LogP contribution in [0.15, 0.2) is 18.3 Å². The van der Waals surface area contributed by atoms with Crippen LogP contribution in [0.25, 0.3) is 11.2 Å². The van der Waals surface area contributed by atoms with Gasteiger partial charge in [-0.25, -0.2) is 9.97 Å². The predicted octanol–water partition coefficient (Wildman–Crippen LogP) is 5.15. The second kappa shape index (κ2) is 8.33. The van der Waals surface area contributed by atoms with Crippen LogP contribution in [0.3, 0.4) is 0 Å². The fraction of sp³-hybridized carbons (Fsp3) is 0.421. The summed E-state index contributed by atoms with van der Waals surface area (Å²) in [6.07, 6.45) is -0.0751. The Kier molecular flexibility index (Phi) is 5.89. The van der Waals surface area contributed by atoms with Gasteiger partial charge in [-0.1, -0.05) is 23.2 Å². The standard InChI is InChI=1S/C19H19Cl2F3N6O/c1-30-16-14(8-25-17(29-16)26-10-3-2-4-11(31)7-10)27-18(30)28-15-12(20)5-9(6-13(15)21)19(22,23)24/h5-6,8,10-11,31H,2-4,7H2,1H3,(H,27,28)(H,25,26,29)/t10-,11+/m1/s1. The number of hydrogen-bond donors (Lipinski definition) is 3. The largest absolute Gasteiger partial charge is 0.416 e. The number of nitrogens with zero attached hydrogens (tertiary/aromatic N) is 4. The number of aromatic nitrogens is 4. The van der Waals surface area contributed by atoms with Crippen LogP contribution < -0.4 is 10.6 Å². The summed E-state index contributed by atoms with van der Waals surface area (Å²) >= 11 is 12.1. The maximum atomic E-state index is 12.9. The Morgan fingerprint density at radius 1 is 1.16 bits per heavy atom. The Hall–Kier alpha value is -2.30. The van der Waals surface area contributed by atoms with Gasteiger partial charge in [0.15, 0.2) is 5.65 Å². The van der Waals surface area contributed by atoms with Crippen molar-refractivity contribution >= 4 is 51.9 Å². The van der Waals surface area contributed by atoms with E-state index in [1.165, 1.54) is 0 Å². The van der Waals surface area contributed by atoms with Crippen molar-refractivity contribution in [2.45, 2.75) is 44.0 Å². The Bertz CT molecular complexity index is 1100. The molecular weight excluding hydrogens is 456 g/mol. The highest BCUT2D eigenvalue weighted by Gasteiger charge is 2.32. The number of fused-ring (bicyclic) bond motifs is 1. The number of rotatable bonds is 4. The first-order chi connectivity index (χ1) is 14.6. The van der Waals surface area contributed by atoms with E-state index >= 15 is 0 Å². The van der Waals surface area contributed by atoms with Crippen molar-refractivity contribution in [2.75, 3.05) is 10.6 Å². The van der Waals surface area contributed by atoms with Crippen LogP contribution in [0.1, 0.15) is 31.2 Å². The summed E-state index contributed by atoms with van der Waals surface area (Å²) in [5.74, 6) is 0.699. The number of imidazole rings is 1. The Morgan fingerprint density at radius 3 is 2.52 bits per heavy atom. The van der Waals surface area contributed by atoms with E-state index in [1.807, 2.05) is 0 Å². The average Bonchev–Trinajstić information content (AvgIpc) is 2.99. The number of anilines is 3. The van der Waals surface area contributed by atoms with Crippen LogP contribution in [0.5, 0.6) is 0 Å². The Morgan fingerprint density at radius 2 is 1.87 bits per heavy atom. The summed E-state index contributed by atoms with van der Waals surface area (Å²) in [5.41, 5.74) is 0.165. The van der Waals surface area contributed by atoms with Gasteiger partial charge in [0.2, 0.25) is 11.9 Å². The summed E-state index contributed by atoms with van der Waals surface area (Å²) in [7, 11) is 1.70. The molecule has 0 unspecified atom stereocenters. The molecule has 7 nitrogen and oxygen atoms in total. The second-order valence-corrected chi connectivity index (χ2v) is 8.31. The zero-order chi connectivity index (χ0) is 22.3. The monoisotopic (exact) mass is 474 g/mol. The molecule has 31 heavy (non-hydrogen) atoms. The lowest BCUT2D eigenvalue weighted by atomic mass is 9.93. The molecule has 1 aliphatic rings. The average molecular weight is 475 g/mol. The van der Waals surface area contributed by atoms with E-state index in [0.29, 0.717) is 23.5 Å². The molecule has 3 N–H and O–H groups in total. The van der Waals surface area contributed by atoms with E-state index in [-0.39, 0.29) is 33.8 Å². The number of aryl methyl sites for hydroxylation is 1. The smallest absolute Gasteiger partial charge is 0.393 e. The number of alkyl halides is 3. The molecule has 3 aromatic rings. The molecule has 1 fully saturated rings. The van der Waals surface area contributed by atoms with E-state index in [1.54, 1.807) is 17.8 Å². The summed E-state index contributed by atoms with van der Waals surface area (Å²) < 4.78 is 40.5. The molecule has 0 bridgehead atoms. The minimum Gasteiger partial charge on any atom is -0.393 e. The van der Waals surface area contributed by atoms with Crippen molar-refractivity contribution in [1.29, 1.82) is 0 Å². The van der Waals surface area contributed by atoms with Gasteiger partial charge in [-0.05, 0) is 37.8 Å². The molecule has 2 aromatic heterocycles. The van der Waals surface area contributed by atoms with Crippen molar-refractivity contribution in [2.24, 2.45) is 7.05 Å². The molecule has 166 valence electrons. The number of aliphatic hydroxyl groups is 1. The predicted molar refractivity (Wildman–Crippen MR) is 113 cm³/mol. The van der Waals surface area contributed by atoms with Gasteiger partial charge in [-0.15, -0.1) is 0 Å². The molecule has 2 heterocycles. The van der Waals surface area contributed by atoms with Gasteiger partial charge in [-0.2, -0.15) is 18.2 Å². The van der Waals surface area contributed by atoms with E-state index in [9.17, 15) is 18.3 Å². The molecule has 0 amide bonds. The molecule has 0 radical (unpaired) electrons. The molecule has 1 aromatic carbocycles. The number of aliphatic hydroxyl groups excluding tert-OH is 1. The van der Waals surface area contributed by atoms with Gasteiger partial charge in [-0.3, -0.25) is 4.57 Å². The molecule has 0 spiro atoms. The number of nitrogens with one attached hydrogen (secondary N) is 2. The summed E-state index contributed by atoms with van der Waals surface area (Å²) in [5, 5.41) is 15.6. The summed E-state index contributed by atoms with van der Waals surface area (Å²) in [6, 6.07) is 1.69. The maximum absolute atomic E-state index is 12.9. The van der Waals surface area contributed by atoms with Gasteiger partial charge in [0.1, 0.15) is 5.52 Å². The topological polar surface area (TPSA) is 87.9 Å². The molecule has 0 aliphatic heterocycles. The summed E-state index contributed by atoms with van der Waals surface area (Å²) in [4.78, 5) is 13.1. The zero-order valence-electron chi connectivity index (χ0n) is 16.3. The summed E-state index contributed by atoms with van der Waals surface area (Å²) in [6.45, 7) is 0. The van der Waals surface area contributed by atoms with Crippen molar-refractivity contribution in [3.05, 3.63) is 33.9 Å². The first kappa shape index (κ1) is 21.9. The quantitative estimate of drug-likeness (QED) is 0.484. The van der Waals surface area contributed by atoms with Gasteiger partial charge < -0.3 is 15.7 Å². The first-order valence-electron chi connectivity index (χ1n) is 9.59. The highest BCUT2D eigenvalue weighted by atomic mass is 35.5. The molecular formula is C19H19Cl2F3N6O. The van der Waals surface area contributed by atoms with E-state index in [4.69, 9.17) is 23.2 Å². The molecule has 4 rings (SSSR count). The van der Waals surface area contributed by atoms with Gasteiger partial charge in [0.05, 0.1) is 33.6 Å². The lowest BCUT2D eigenvalue weighted by Gasteiger charge is -2.26. The van der Waals surface area contributed by atoms with Gasteiger partial charge >= 0.3 is 6.18 Å². The van der Waals surface area contributed by atoms with E-state index in [2.05, 4.69) is 25.6 Å². The Balaban J connectivity index is 1.60. The SMILES string of the molecule is Cn1c(Nc2c(Cl)cc(C(F)(F)F)cc2Cl)nc2cnc(N[C@@H]3CCC[C@H](O)C3)nc21. The molecule has 1 saturated carbocycles. The second-order valence-electron chi connectivity index (χ2n) is 7.50. The molecule has 12 heteroatoms.